The first-order valence-electron chi connectivity index (χ1n) is 8.23. The molecule has 0 bridgehead atoms. The Morgan fingerprint density at radius 3 is 2.79 bits per heavy atom. The standard InChI is InChI=1S/C19H20ClN3.W/c1-22-11-13-23(14-12-22)10-4-2-3-5-16-6-7-19-17(15-16)18(20)8-9-21-19;/h2-3,6-9,15H,10-14H2,1H3;. The van der Waals surface area contributed by atoms with E-state index in [2.05, 4.69) is 52.2 Å². The average molecular weight is 510 g/mol. The van der Waals surface area contributed by atoms with Crippen molar-refractivity contribution >= 4 is 30.3 Å². The molecule has 5 heteroatoms. The molecular weight excluding hydrogens is 490 g/mol. The number of piperazine rings is 1. The van der Waals surface area contributed by atoms with Gasteiger partial charge in [0.15, 0.2) is 0 Å². The number of hydrogen-bond donors (Lipinski definition) is 0. The fourth-order valence-electron chi connectivity index (χ4n) is 3.11. The van der Waals surface area contributed by atoms with Gasteiger partial charge in [0, 0.05) is 0 Å². The molecule has 0 atom stereocenters. The van der Waals surface area contributed by atoms with E-state index in [1.165, 1.54) is 31.7 Å². The van der Waals surface area contributed by atoms with E-state index in [9.17, 15) is 0 Å². The zero-order chi connectivity index (χ0) is 16.5. The van der Waals surface area contributed by atoms with E-state index >= 15 is 0 Å². The third-order valence-electron chi connectivity index (χ3n) is 4.61. The number of nitrogens with zero attached hydrogens (tertiary/aromatic N) is 3. The van der Waals surface area contributed by atoms with Crippen LogP contribution in [0.2, 0.25) is 5.02 Å². The van der Waals surface area contributed by atoms with Crippen LogP contribution < -0.4 is 0 Å². The molecule has 1 aromatic carbocycles. The van der Waals surface area contributed by atoms with Crippen molar-refractivity contribution in [3.05, 3.63) is 53.2 Å². The molecule has 124 valence electrons. The summed E-state index contributed by atoms with van der Waals surface area (Å²) in [5, 5.41) is 1.85. The van der Waals surface area contributed by atoms with Gasteiger partial charge in [0.05, 0.1) is 0 Å². The van der Waals surface area contributed by atoms with Gasteiger partial charge in [-0.05, 0) is 0 Å². The Labute approximate surface area is 155 Å². The summed E-state index contributed by atoms with van der Waals surface area (Å²) in [4.78, 5) is 9.41. The first-order valence-corrected chi connectivity index (χ1v) is 11.5. The van der Waals surface area contributed by atoms with Gasteiger partial charge in [-0.3, -0.25) is 0 Å². The Balaban J connectivity index is 1.59. The third-order valence-corrected chi connectivity index (χ3v) is 8.96. The number of halogens is 1. The third kappa shape index (κ3) is 3.50. The predicted molar refractivity (Wildman–Crippen MR) is 98.9 cm³/mol. The number of fused-ring (bicyclic) bond motifs is 1. The van der Waals surface area contributed by atoms with Gasteiger partial charge < -0.3 is 0 Å². The van der Waals surface area contributed by atoms with Crippen molar-refractivity contribution in [2.75, 3.05) is 39.8 Å². The minimum absolute atomic E-state index is 0.640. The van der Waals surface area contributed by atoms with Gasteiger partial charge in [-0.1, -0.05) is 0 Å². The summed E-state index contributed by atoms with van der Waals surface area (Å²) in [6.45, 7) is 5.93. The average Bonchev–Trinajstić information content (AvgIpc) is 3.06. The van der Waals surface area contributed by atoms with Crippen molar-refractivity contribution in [2.45, 2.75) is 0 Å². The van der Waals surface area contributed by atoms with Gasteiger partial charge >= 0.3 is 156 Å². The van der Waals surface area contributed by atoms with Crippen LogP contribution in [0.1, 0.15) is 5.56 Å². The second-order valence-electron chi connectivity index (χ2n) is 6.37. The summed E-state index contributed by atoms with van der Waals surface area (Å²) in [5.41, 5.74) is 2.30. The Hall–Kier alpha value is -0.992. The molecule has 2 aliphatic rings. The number of pyridine rings is 1. The zero-order valence-electron chi connectivity index (χ0n) is 13.7. The summed E-state index contributed by atoms with van der Waals surface area (Å²) >= 11 is 5.70. The maximum absolute atomic E-state index is 6.34. The van der Waals surface area contributed by atoms with Gasteiger partial charge in [-0.15, -0.1) is 0 Å². The Kier molecular flexibility index (Phi) is 4.87. The molecule has 0 N–H and O–H groups in total. The van der Waals surface area contributed by atoms with Crippen LogP contribution in [0.3, 0.4) is 0 Å². The van der Waals surface area contributed by atoms with Gasteiger partial charge in [0.1, 0.15) is 0 Å². The summed E-state index contributed by atoms with van der Waals surface area (Å²) in [7, 11) is 2.21. The van der Waals surface area contributed by atoms with E-state index in [-0.39, 0.29) is 0 Å². The Morgan fingerprint density at radius 2 is 1.96 bits per heavy atom. The zero-order valence-corrected chi connectivity index (χ0v) is 17.4. The number of aromatic nitrogens is 1. The van der Waals surface area contributed by atoms with Gasteiger partial charge in [0.25, 0.3) is 0 Å². The molecule has 3 nitrogen and oxygen atoms in total. The molecule has 0 saturated carbocycles. The molecule has 1 fully saturated rings. The van der Waals surface area contributed by atoms with Crippen molar-refractivity contribution in [3.8, 4) is 0 Å². The molecule has 1 aromatic heterocycles. The molecule has 0 radical (unpaired) electrons. The van der Waals surface area contributed by atoms with Crippen molar-refractivity contribution < 1.29 is 17.6 Å². The quantitative estimate of drug-likeness (QED) is 0.634. The molecule has 3 heterocycles. The van der Waals surface area contributed by atoms with E-state index in [0.29, 0.717) is 0 Å². The normalized spacial score (nSPS) is 19.2. The van der Waals surface area contributed by atoms with Crippen molar-refractivity contribution in [3.63, 3.8) is 0 Å². The van der Waals surface area contributed by atoms with E-state index < -0.39 is 17.6 Å². The summed E-state index contributed by atoms with van der Waals surface area (Å²) in [6.07, 6.45) is 6.47. The number of benzene rings is 1. The van der Waals surface area contributed by atoms with Crippen LogP contribution in [-0.2, 0) is 17.6 Å². The van der Waals surface area contributed by atoms with Crippen LogP contribution in [0.15, 0.2) is 42.6 Å². The number of rotatable bonds is 3. The number of likely N-dealkylation sites (N-methyl/N-ethyl adjacent to an activating group) is 1. The minimum atomic E-state index is -0.640. The van der Waals surface area contributed by atoms with Crippen molar-refractivity contribution in [2.24, 2.45) is 0 Å². The molecular formula is C19H20ClN3W. The topological polar surface area (TPSA) is 19.4 Å². The second-order valence-corrected chi connectivity index (χ2v) is 11.0. The van der Waals surface area contributed by atoms with Crippen LogP contribution in [0.25, 0.3) is 10.9 Å². The molecule has 0 aliphatic carbocycles. The van der Waals surface area contributed by atoms with Crippen molar-refractivity contribution in [1.82, 2.24) is 14.8 Å². The SMILES string of the molecule is CN1CCN(C[C]2=[W]=[C](c3ccc4nccc(Cl)c4c3)C=C2)CC1. The summed E-state index contributed by atoms with van der Waals surface area (Å²) in [6, 6.07) is 8.37. The fraction of sp³-hybridized carbons (Fsp3) is 0.316. The molecule has 0 spiro atoms. The van der Waals surface area contributed by atoms with Gasteiger partial charge in [-0.2, -0.15) is 0 Å². The predicted octanol–water partition coefficient (Wildman–Crippen LogP) is 2.48. The van der Waals surface area contributed by atoms with Crippen molar-refractivity contribution in [1.29, 1.82) is 0 Å². The maximum atomic E-state index is 6.34. The van der Waals surface area contributed by atoms with Crippen LogP contribution >= 0.6 is 11.6 Å². The van der Waals surface area contributed by atoms with Crippen LogP contribution in [-0.4, -0.2) is 62.4 Å². The van der Waals surface area contributed by atoms with Crippen LogP contribution in [0.5, 0.6) is 0 Å². The first kappa shape index (κ1) is 16.5. The van der Waals surface area contributed by atoms with E-state index in [4.69, 9.17) is 11.6 Å². The van der Waals surface area contributed by atoms with Gasteiger partial charge in [0.2, 0.25) is 0 Å². The summed E-state index contributed by atoms with van der Waals surface area (Å²) < 4.78 is 3.22. The van der Waals surface area contributed by atoms with E-state index in [1.807, 2.05) is 6.07 Å². The molecule has 24 heavy (non-hydrogen) atoms. The second kappa shape index (κ2) is 7.09. The Bertz CT molecular complexity index is 875. The monoisotopic (exact) mass is 509 g/mol. The van der Waals surface area contributed by atoms with Gasteiger partial charge in [-0.25, -0.2) is 0 Å². The first-order chi connectivity index (χ1) is 11.7. The van der Waals surface area contributed by atoms with Crippen LogP contribution in [0.4, 0.5) is 0 Å². The molecule has 4 rings (SSSR count). The Morgan fingerprint density at radius 1 is 1.12 bits per heavy atom. The fourth-order valence-corrected chi connectivity index (χ4v) is 7.08. The molecule has 0 unspecified atom stereocenters. The number of allylic oxidation sites excluding steroid dienone is 1. The molecule has 0 amide bonds. The summed E-state index contributed by atoms with van der Waals surface area (Å²) in [5.74, 6) is 0. The molecule has 2 aliphatic heterocycles. The molecule has 1 saturated heterocycles. The molecule has 2 aromatic rings. The van der Waals surface area contributed by atoms with E-state index in [0.717, 1.165) is 22.5 Å². The van der Waals surface area contributed by atoms with Crippen LogP contribution in [0, 0.1) is 0 Å². The number of hydrogen-bond acceptors (Lipinski definition) is 3. The van der Waals surface area contributed by atoms with E-state index in [1.54, 1.807) is 14.0 Å².